The average Bonchev–Trinajstić information content (AvgIpc) is 2.41. The Morgan fingerprint density at radius 2 is 1.90 bits per heavy atom. The number of hydrogen-bond acceptors (Lipinski definition) is 4. The largest absolute Gasteiger partial charge is 0.481 e. The van der Waals surface area contributed by atoms with Crippen molar-refractivity contribution in [2.45, 2.75) is 19.8 Å². The fourth-order valence-corrected chi connectivity index (χ4v) is 1.46. The number of amides is 3. The highest BCUT2D eigenvalue weighted by Gasteiger charge is 2.17. The van der Waals surface area contributed by atoms with Crippen molar-refractivity contribution in [2.75, 3.05) is 33.4 Å². The van der Waals surface area contributed by atoms with Crippen LogP contribution < -0.4 is 16.0 Å². The fraction of sp³-hybridized carbons (Fsp3) is 0.750. The molecule has 0 rings (SSSR count). The van der Waals surface area contributed by atoms with E-state index in [1.807, 2.05) is 6.92 Å². The summed E-state index contributed by atoms with van der Waals surface area (Å²) in [5, 5.41) is 16.2. The first kappa shape index (κ1) is 18.2. The van der Waals surface area contributed by atoms with Crippen LogP contribution in [0.4, 0.5) is 4.79 Å². The molecule has 0 aromatic rings. The van der Waals surface area contributed by atoms with Crippen molar-refractivity contribution >= 4 is 17.9 Å². The van der Waals surface area contributed by atoms with Gasteiger partial charge in [0.05, 0.1) is 19.1 Å². The van der Waals surface area contributed by atoms with E-state index in [1.165, 1.54) is 7.11 Å². The van der Waals surface area contributed by atoms with Crippen molar-refractivity contribution in [3.05, 3.63) is 0 Å². The SMILES string of the molecule is CCCC(CNC(=O)NCC(=O)NCCOC)C(=O)O. The molecule has 8 nitrogen and oxygen atoms in total. The molecule has 20 heavy (non-hydrogen) atoms. The third kappa shape index (κ3) is 9.15. The summed E-state index contributed by atoms with van der Waals surface area (Å²) in [5.74, 6) is -1.88. The molecule has 4 N–H and O–H groups in total. The van der Waals surface area contributed by atoms with Gasteiger partial charge in [0.15, 0.2) is 0 Å². The van der Waals surface area contributed by atoms with Gasteiger partial charge in [0, 0.05) is 20.2 Å². The number of ether oxygens (including phenoxy) is 1. The third-order valence-electron chi connectivity index (χ3n) is 2.53. The predicted molar refractivity (Wildman–Crippen MR) is 72.3 cm³/mol. The van der Waals surface area contributed by atoms with E-state index in [4.69, 9.17) is 9.84 Å². The first-order valence-electron chi connectivity index (χ1n) is 6.51. The lowest BCUT2D eigenvalue weighted by atomic mass is 10.0. The summed E-state index contributed by atoms with van der Waals surface area (Å²) in [5.41, 5.74) is 0. The Morgan fingerprint density at radius 1 is 1.20 bits per heavy atom. The van der Waals surface area contributed by atoms with Gasteiger partial charge in [-0.25, -0.2) is 4.79 Å². The van der Waals surface area contributed by atoms with Crippen LogP contribution in [0.3, 0.4) is 0 Å². The number of carboxylic acid groups (broad SMARTS) is 1. The normalized spacial score (nSPS) is 11.5. The van der Waals surface area contributed by atoms with Crippen LogP contribution in [-0.2, 0) is 14.3 Å². The summed E-state index contributed by atoms with van der Waals surface area (Å²) >= 11 is 0. The van der Waals surface area contributed by atoms with Crippen LogP contribution in [0, 0.1) is 5.92 Å². The highest BCUT2D eigenvalue weighted by atomic mass is 16.5. The van der Waals surface area contributed by atoms with E-state index >= 15 is 0 Å². The van der Waals surface area contributed by atoms with Gasteiger partial charge in [0.25, 0.3) is 0 Å². The number of rotatable bonds is 10. The number of aliphatic carboxylic acids is 1. The van der Waals surface area contributed by atoms with Gasteiger partial charge < -0.3 is 25.8 Å². The minimum absolute atomic E-state index is 0.0420. The second kappa shape index (κ2) is 11.0. The second-order valence-corrected chi connectivity index (χ2v) is 4.23. The van der Waals surface area contributed by atoms with E-state index < -0.39 is 17.9 Å². The molecule has 116 valence electrons. The number of methoxy groups -OCH3 is 1. The first-order chi connectivity index (χ1) is 9.51. The van der Waals surface area contributed by atoms with Crippen LogP contribution in [0.5, 0.6) is 0 Å². The van der Waals surface area contributed by atoms with E-state index in [-0.39, 0.29) is 19.0 Å². The summed E-state index contributed by atoms with van der Waals surface area (Å²) in [6.07, 6.45) is 1.22. The Labute approximate surface area is 118 Å². The van der Waals surface area contributed by atoms with Crippen LogP contribution in [0.2, 0.25) is 0 Å². The number of carboxylic acids is 1. The van der Waals surface area contributed by atoms with E-state index in [0.717, 1.165) is 6.42 Å². The standard InChI is InChI=1S/C12H23N3O5/c1-3-4-9(11(17)18)7-14-12(19)15-8-10(16)13-5-6-20-2/h9H,3-8H2,1-2H3,(H,13,16)(H,17,18)(H2,14,15,19). The number of hydrogen-bond donors (Lipinski definition) is 4. The highest BCUT2D eigenvalue weighted by molar-refractivity contribution is 5.84. The van der Waals surface area contributed by atoms with Crippen molar-refractivity contribution in [3.63, 3.8) is 0 Å². The van der Waals surface area contributed by atoms with Gasteiger partial charge in [-0.3, -0.25) is 9.59 Å². The Morgan fingerprint density at radius 3 is 2.45 bits per heavy atom. The molecule has 0 aromatic heterocycles. The zero-order chi connectivity index (χ0) is 15.4. The zero-order valence-corrected chi connectivity index (χ0v) is 11.9. The van der Waals surface area contributed by atoms with E-state index in [2.05, 4.69) is 16.0 Å². The van der Waals surface area contributed by atoms with E-state index in [9.17, 15) is 14.4 Å². The molecule has 0 saturated heterocycles. The summed E-state index contributed by atoms with van der Waals surface area (Å²) in [7, 11) is 1.52. The molecular weight excluding hydrogens is 266 g/mol. The number of carbonyl (C=O) groups is 3. The van der Waals surface area contributed by atoms with Gasteiger partial charge in [-0.15, -0.1) is 0 Å². The molecule has 0 fully saturated rings. The predicted octanol–water partition coefficient (Wildman–Crippen LogP) is -0.451. The maximum Gasteiger partial charge on any atom is 0.315 e. The second-order valence-electron chi connectivity index (χ2n) is 4.23. The molecule has 0 bridgehead atoms. The van der Waals surface area contributed by atoms with Gasteiger partial charge in [0.1, 0.15) is 0 Å². The Kier molecular flexibility index (Phi) is 10.0. The zero-order valence-electron chi connectivity index (χ0n) is 11.9. The summed E-state index contributed by atoms with van der Waals surface area (Å²) in [6.45, 7) is 2.52. The minimum Gasteiger partial charge on any atom is -0.481 e. The molecule has 0 aliphatic carbocycles. The van der Waals surface area contributed by atoms with Gasteiger partial charge in [-0.1, -0.05) is 13.3 Å². The van der Waals surface area contributed by atoms with E-state index in [0.29, 0.717) is 19.6 Å². The number of urea groups is 1. The van der Waals surface area contributed by atoms with Crippen LogP contribution in [-0.4, -0.2) is 56.4 Å². The van der Waals surface area contributed by atoms with Gasteiger partial charge in [-0.05, 0) is 6.42 Å². The Balaban J connectivity index is 3.82. The van der Waals surface area contributed by atoms with Crippen molar-refractivity contribution < 1.29 is 24.2 Å². The molecule has 0 saturated carbocycles. The van der Waals surface area contributed by atoms with Gasteiger partial charge in [0.2, 0.25) is 5.91 Å². The van der Waals surface area contributed by atoms with Gasteiger partial charge >= 0.3 is 12.0 Å². The molecular formula is C12H23N3O5. The molecule has 0 heterocycles. The lowest BCUT2D eigenvalue weighted by molar-refractivity contribution is -0.141. The fourth-order valence-electron chi connectivity index (χ4n) is 1.46. The summed E-state index contributed by atoms with van der Waals surface area (Å²) in [6, 6.07) is -0.561. The lowest BCUT2D eigenvalue weighted by Crippen LogP contribution is -2.44. The quantitative estimate of drug-likeness (QED) is 0.406. The molecule has 0 radical (unpaired) electrons. The van der Waals surface area contributed by atoms with Crippen molar-refractivity contribution in [2.24, 2.45) is 5.92 Å². The van der Waals surface area contributed by atoms with E-state index in [1.54, 1.807) is 0 Å². The van der Waals surface area contributed by atoms with Crippen molar-refractivity contribution in [1.82, 2.24) is 16.0 Å². The maximum absolute atomic E-state index is 11.4. The molecule has 1 atom stereocenters. The van der Waals surface area contributed by atoms with Crippen molar-refractivity contribution in [1.29, 1.82) is 0 Å². The van der Waals surface area contributed by atoms with Gasteiger partial charge in [-0.2, -0.15) is 0 Å². The molecule has 0 aromatic carbocycles. The summed E-state index contributed by atoms with van der Waals surface area (Å²) in [4.78, 5) is 33.5. The summed E-state index contributed by atoms with van der Waals surface area (Å²) < 4.78 is 4.76. The molecule has 3 amide bonds. The highest BCUT2D eigenvalue weighted by Crippen LogP contribution is 2.04. The van der Waals surface area contributed by atoms with Crippen molar-refractivity contribution in [3.8, 4) is 0 Å². The molecule has 0 spiro atoms. The Bertz CT molecular complexity index is 322. The third-order valence-corrected chi connectivity index (χ3v) is 2.53. The molecule has 1 unspecified atom stereocenters. The first-order valence-corrected chi connectivity index (χ1v) is 6.51. The smallest absolute Gasteiger partial charge is 0.315 e. The lowest BCUT2D eigenvalue weighted by Gasteiger charge is -2.13. The van der Waals surface area contributed by atoms with Crippen LogP contribution in [0.1, 0.15) is 19.8 Å². The maximum atomic E-state index is 11.4. The average molecular weight is 289 g/mol. The Hall–Kier alpha value is -1.83. The van der Waals surface area contributed by atoms with Crippen LogP contribution >= 0.6 is 0 Å². The monoisotopic (exact) mass is 289 g/mol. The molecule has 8 heteroatoms. The number of nitrogens with one attached hydrogen (secondary N) is 3. The topological polar surface area (TPSA) is 117 Å². The number of carbonyl (C=O) groups excluding carboxylic acids is 2. The minimum atomic E-state index is -0.940. The molecule has 0 aliphatic heterocycles. The van der Waals surface area contributed by atoms with Crippen LogP contribution in [0.15, 0.2) is 0 Å². The molecule has 0 aliphatic rings. The van der Waals surface area contributed by atoms with Crippen LogP contribution in [0.25, 0.3) is 0 Å².